The van der Waals surface area contributed by atoms with E-state index >= 15 is 0 Å². The number of carbonyl (C=O) groups is 1. The van der Waals surface area contributed by atoms with Crippen molar-refractivity contribution in [3.05, 3.63) is 34.4 Å². The van der Waals surface area contributed by atoms with Gasteiger partial charge >= 0.3 is 0 Å². The number of nitro benzene ring substituents is 1. The molecule has 1 aliphatic heterocycles. The summed E-state index contributed by atoms with van der Waals surface area (Å²) >= 11 is 5.25. The van der Waals surface area contributed by atoms with Gasteiger partial charge < -0.3 is 16.0 Å². The third-order valence-corrected chi connectivity index (χ3v) is 3.51. The van der Waals surface area contributed by atoms with Gasteiger partial charge in [-0.3, -0.25) is 14.9 Å². The number of hydrogen-bond acceptors (Lipinski definition) is 4. The lowest BCUT2D eigenvalue weighted by Crippen LogP contribution is -2.45. The Bertz CT molecular complexity index is 546. The Labute approximate surface area is 120 Å². The van der Waals surface area contributed by atoms with Crippen molar-refractivity contribution in [2.24, 2.45) is 5.73 Å². The molecule has 7 nitrogen and oxygen atoms in total. The fourth-order valence-corrected chi connectivity index (χ4v) is 2.50. The van der Waals surface area contributed by atoms with Crippen LogP contribution in [0.15, 0.2) is 24.3 Å². The number of thiocarbonyl (C=S) groups is 1. The maximum absolute atomic E-state index is 11.3. The highest BCUT2D eigenvalue weighted by atomic mass is 32.1. The van der Waals surface area contributed by atoms with E-state index in [-0.39, 0.29) is 11.7 Å². The molecule has 3 N–H and O–H groups in total. The number of rotatable bonds is 3. The van der Waals surface area contributed by atoms with Gasteiger partial charge in [0.05, 0.1) is 4.92 Å². The molecule has 0 saturated carbocycles. The van der Waals surface area contributed by atoms with Crippen LogP contribution < -0.4 is 11.1 Å². The molecule has 1 saturated heterocycles. The molecule has 0 aliphatic carbocycles. The Kier molecular flexibility index (Phi) is 4.14. The summed E-state index contributed by atoms with van der Waals surface area (Å²) in [6.07, 6.45) is 1.55. The molecule has 0 radical (unpaired) electrons. The normalized spacial score (nSPS) is 17.8. The van der Waals surface area contributed by atoms with Gasteiger partial charge in [0.2, 0.25) is 5.91 Å². The van der Waals surface area contributed by atoms with Crippen molar-refractivity contribution in [1.82, 2.24) is 4.90 Å². The van der Waals surface area contributed by atoms with Crippen LogP contribution in [-0.2, 0) is 4.79 Å². The van der Waals surface area contributed by atoms with Crippen molar-refractivity contribution in [2.75, 3.05) is 11.9 Å². The summed E-state index contributed by atoms with van der Waals surface area (Å²) in [5.41, 5.74) is 5.98. The van der Waals surface area contributed by atoms with Crippen molar-refractivity contribution in [3.8, 4) is 0 Å². The van der Waals surface area contributed by atoms with E-state index < -0.39 is 10.8 Å². The van der Waals surface area contributed by atoms with Crippen molar-refractivity contribution in [1.29, 1.82) is 0 Å². The first-order valence-corrected chi connectivity index (χ1v) is 6.51. The molecule has 20 heavy (non-hydrogen) atoms. The number of amides is 1. The maximum Gasteiger partial charge on any atom is 0.269 e. The van der Waals surface area contributed by atoms with E-state index in [4.69, 9.17) is 18.0 Å². The second kappa shape index (κ2) is 5.83. The highest BCUT2D eigenvalue weighted by molar-refractivity contribution is 7.80. The van der Waals surface area contributed by atoms with Crippen LogP contribution in [0, 0.1) is 10.1 Å². The molecule has 1 aromatic rings. The topological polar surface area (TPSA) is 102 Å². The predicted octanol–water partition coefficient (Wildman–Crippen LogP) is 1.24. The van der Waals surface area contributed by atoms with Gasteiger partial charge in [0.25, 0.3) is 5.69 Å². The smallest absolute Gasteiger partial charge is 0.269 e. The summed E-state index contributed by atoms with van der Waals surface area (Å²) < 4.78 is 0. The average molecular weight is 294 g/mol. The molecule has 1 heterocycles. The summed E-state index contributed by atoms with van der Waals surface area (Å²) in [5, 5.41) is 13.9. The lowest BCUT2D eigenvalue weighted by Gasteiger charge is -2.25. The molecule has 1 aliphatic rings. The van der Waals surface area contributed by atoms with E-state index in [1.807, 2.05) is 0 Å². The molecule has 1 atom stereocenters. The van der Waals surface area contributed by atoms with E-state index in [9.17, 15) is 14.9 Å². The predicted molar refractivity (Wildman–Crippen MR) is 78.2 cm³/mol. The van der Waals surface area contributed by atoms with Gasteiger partial charge in [-0.25, -0.2) is 0 Å². The van der Waals surface area contributed by atoms with Gasteiger partial charge in [-0.15, -0.1) is 0 Å². The minimum atomic E-state index is -0.467. The summed E-state index contributed by atoms with van der Waals surface area (Å²) in [5.74, 6) is -0.393. The number of nitro groups is 1. The number of nitrogens with one attached hydrogen (secondary N) is 1. The van der Waals surface area contributed by atoms with Gasteiger partial charge in [0.15, 0.2) is 5.11 Å². The van der Waals surface area contributed by atoms with E-state index in [1.54, 1.807) is 17.0 Å². The number of nitrogens with two attached hydrogens (primary N) is 1. The van der Waals surface area contributed by atoms with Crippen LogP contribution in [-0.4, -0.2) is 33.4 Å². The van der Waals surface area contributed by atoms with Crippen LogP contribution in [0.1, 0.15) is 12.8 Å². The Morgan fingerprint density at radius 1 is 1.45 bits per heavy atom. The minimum absolute atomic E-state index is 0.0117. The molecular formula is C12H14N4O3S. The molecule has 0 bridgehead atoms. The van der Waals surface area contributed by atoms with Crippen LogP contribution >= 0.6 is 12.2 Å². The van der Waals surface area contributed by atoms with Gasteiger partial charge in [-0.2, -0.15) is 0 Å². The van der Waals surface area contributed by atoms with Gasteiger partial charge in [0.1, 0.15) is 6.04 Å². The van der Waals surface area contributed by atoms with E-state index in [0.29, 0.717) is 23.8 Å². The SMILES string of the molecule is NC(=O)[C@H]1CCCN1C(=S)Nc1ccc([N+](=O)[O-])cc1. The minimum Gasteiger partial charge on any atom is -0.368 e. The van der Waals surface area contributed by atoms with Crippen LogP contribution in [0.2, 0.25) is 0 Å². The number of benzene rings is 1. The van der Waals surface area contributed by atoms with Crippen LogP contribution in [0.3, 0.4) is 0 Å². The van der Waals surface area contributed by atoms with Crippen molar-refractivity contribution in [2.45, 2.75) is 18.9 Å². The molecule has 1 aromatic carbocycles. The second-order valence-corrected chi connectivity index (χ2v) is 4.87. The summed E-state index contributed by atoms with van der Waals surface area (Å²) in [6.45, 7) is 0.673. The van der Waals surface area contributed by atoms with Crippen molar-refractivity contribution >= 4 is 34.6 Å². The highest BCUT2D eigenvalue weighted by Gasteiger charge is 2.30. The third-order valence-electron chi connectivity index (χ3n) is 3.17. The number of likely N-dealkylation sites (tertiary alicyclic amines) is 1. The van der Waals surface area contributed by atoms with Crippen molar-refractivity contribution < 1.29 is 9.72 Å². The standard InChI is InChI=1S/C12H14N4O3S/c13-11(17)10-2-1-7-15(10)12(20)14-8-3-5-9(6-4-8)16(18)19/h3-6,10H,1-2,7H2,(H2,13,17)(H,14,20)/t10-/m1/s1. The van der Waals surface area contributed by atoms with Crippen LogP contribution in [0.5, 0.6) is 0 Å². The van der Waals surface area contributed by atoms with Crippen molar-refractivity contribution in [3.63, 3.8) is 0 Å². The summed E-state index contributed by atoms with van der Waals surface area (Å²) in [7, 11) is 0. The number of anilines is 1. The zero-order valence-corrected chi connectivity index (χ0v) is 11.4. The van der Waals surface area contributed by atoms with Gasteiger partial charge in [-0.05, 0) is 37.2 Å². The second-order valence-electron chi connectivity index (χ2n) is 4.49. The fourth-order valence-electron chi connectivity index (χ4n) is 2.17. The Morgan fingerprint density at radius 3 is 2.65 bits per heavy atom. The molecule has 0 spiro atoms. The molecule has 0 aromatic heterocycles. The number of carbonyl (C=O) groups excluding carboxylic acids is 1. The van der Waals surface area contributed by atoms with Crippen LogP contribution in [0.25, 0.3) is 0 Å². The lowest BCUT2D eigenvalue weighted by molar-refractivity contribution is -0.384. The Balaban J connectivity index is 2.04. The molecule has 2 rings (SSSR count). The number of primary amides is 1. The largest absolute Gasteiger partial charge is 0.368 e. The number of hydrogen-bond donors (Lipinski definition) is 2. The van der Waals surface area contributed by atoms with Crippen LogP contribution in [0.4, 0.5) is 11.4 Å². The average Bonchev–Trinajstić information content (AvgIpc) is 2.88. The zero-order valence-electron chi connectivity index (χ0n) is 10.6. The Hall–Kier alpha value is -2.22. The first-order chi connectivity index (χ1) is 9.49. The maximum atomic E-state index is 11.3. The number of nitrogens with zero attached hydrogens (tertiary/aromatic N) is 2. The lowest BCUT2D eigenvalue weighted by atomic mass is 10.2. The Morgan fingerprint density at radius 2 is 2.10 bits per heavy atom. The first-order valence-electron chi connectivity index (χ1n) is 6.10. The first kappa shape index (κ1) is 14.2. The molecule has 1 amide bonds. The monoisotopic (exact) mass is 294 g/mol. The zero-order chi connectivity index (χ0) is 14.7. The quantitative estimate of drug-likeness (QED) is 0.494. The van der Waals surface area contributed by atoms with Gasteiger partial charge in [0, 0.05) is 24.4 Å². The van der Waals surface area contributed by atoms with Gasteiger partial charge in [-0.1, -0.05) is 0 Å². The van der Waals surface area contributed by atoms with E-state index in [1.165, 1.54) is 12.1 Å². The number of non-ortho nitro benzene ring substituents is 1. The van der Waals surface area contributed by atoms with E-state index in [2.05, 4.69) is 5.32 Å². The summed E-state index contributed by atoms with van der Waals surface area (Å²) in [6, 6.07) is 5.54. The molecule has 1 fully saturated rings. The highest BCUT2D eigenvalue weighted by Crippen LogP contribution is 2.20. The summed E-state index contributed by atoms with van der Waals surface area (Å²) in [4.78, 5) is 23.2. The molecule has 106 valence electrons. The van der Waals surface area contributed by atoms with E-state index in [0.717, 1.165) is 6.42 Å². The fraction of sp³-hybridized carbons (Fsp3) is 0.333. The molecule has 8 heteroatoms. The molecule has 0 unspecified atom stereocenters. The third kappa shape index (κ3) is 3.02. The molecular weight excluding hydrogens is 280 g/mol.